The second kappa shape index (κ2) is 8.70. The molecule has 0 saturated carbocycles. The standard InChI is InChI=1S/C20H23FN2O4S/c1-27-17-9-5-15(6-10-17)14-22-20(24)19-4-2-3-13-23(19)28(25,26)18-11-7-16(21)8-12-18/h5-12,19H,2-4,13-14H2,1H3,(H,22,24). The third kappa shape index (κ3) is 4.51. The molecule has 1 heterocycles. The van der Waals surface area contributed by atoms with Crippen molar-refractivity contribution in [1.29, 1.82) is 0 Å². The molecule has 150 valence electrons. The van der Waals surface area contributed by atoms with E-state index in [2.05, 4.69) is 5.32 Å². The number of nitrogens with zero attached hydrogens (tertiary/aromatic N) is 1. The molecule has 0 bridgehead atoms. The highest BCUT2D eigenvalue weighted by Crippen LogP contribution is 2.26. The summed E-state index contributed by atoms with van der Waals surface area (Å²) in [6.45, 7) is 0.560. The number of amides is 1. The Balaban J connectivity index is 1.72. The van der Waals surface area contributed by atoms with Crippen LogP contribution in [-0.4, -0.2) is 38.3 Å². The molecule has 3 rings (SSSR count). The van der Waals surface area contributed by atoms with Crippen LogP contribution in [0.15, 0.2) is 53.4 Å². The molecule has 1 aliphatic heterocycles. The molecule has 2 aromatic carbocycles. The third-order valence-corrected chi connectivity index (χ3v) is 6.72. The molecule has 0 aliphatic carbocycles. The van der Waals surface area contributed by atoms with Crippen LogP contribution in [0.5, 0.6) is 5.75 Å². The molecule has 28 heavy (non-hydrogen) atoms. The lowest BCUT2D eigenvalue weighted by Gasteiger charge is -2.33. The van der Waals surface area contributed by atoms with Gasteiger partial charge in [-0.3, -0.25) is 4.79 Å². The van der Waals surface area contributed by atoms with Gasteiger partial charge in [-0.25, -0.2) is 12.8 Å². The summed E-state index contributed by atoms with van der Waals surface area (Å²) in [5.41, 5.74) is 0.887. The van der Waals surface area contributed by atoms with E-state index in [0.717, 1.165) is 29.9 Å². The summed E-state index contributed by atoms with van der Waals surface area (Å²) in [5, 5.41) is 2.82. The number of piperidine rings is 1. The fourth-order valence-corrected chi connectivity index (χ4v) is 4.90. The van der Waals surface area contributed by atoms with E-state index in [0.29, 0.717) is 19.4 Å². The van der Waals surface area contributed by atoms with Crippen LogP contribution in [0.25, 0.3) is 0 Å². The summed E-state index contributed by atoms with van der Waals surface area (Å²) in [7, 11) is -2.30. The van der Waals surface area contributed by atoms with Gasteiger partial charge in [-0.05, 0) is 54.8 Å². The van der Waals surface area contributed by atoms with Gasteiger partial charge in [-0.15, -0.1) is 0 Å². The molecule has 0 aromatic heterocycles. The monoisotopic (exact) mass is 406 g/mol. The van der Waals surface area contributed by atoms with Crippen LogP contribution < -0.4 is 10.1 Å². The molecule has 8 heteroatoms. The van der Waals surface area contributed by atoms with Crippen LogP contribution in [0, 0.1) is 5.82 Å². The van der Waals surface area contributed by atoms with E-state index in [1.54, 1.807) is 19.2 Å². The molecule has 2 aromatic rings. The van der Waals surface area contributed by atoms with Gasteiger partial charge in [-0.2, -0.15) is 4.31 Å². The lowest BCUT2D eigenvalue weighted by Crippen LogP contribution is -2.51. The predicted octanol–water partition coefficient (Wildman–Crippen LogP) is 2.69. The van der Waals surface area contributed by atoms with E-state index in [-0.39, 0.29) is 17.3 Å². The topological polar surface area (TPSA) is 75.7 Å². The summed E-state index contributed by atoms with van der Waals surface area (Å²) in [6, 6.07) is 11.2. The molecule has 1 amide bonds. The number of hydrogen-bond acceptors (Lipinski definition) is 4. The van der Waals surface area contributed by atoms with Crippen LogP contribution >= 0.6 is 0 Å². The first-order valence-corrected chi connectivity index (χ1v) is 10.5. The van der Waals surface area contributed by atoms with Gasteiger partial charge in [0.25, 0.3) is 0 Å². The Kier molecular flexibility index (Phi) is 6.31. The molecule has 6 nitrogen and oxygen atoms in total. The van der Waals surface area contributed by atoms with Gasteiger partial charge >= 0.3 is 0 Å². The fraction of sp³-hybridized carbons (Fsp3) is 0.350. The van der Waals surface area contributed by atoms with Gasteiger partial charge in [0.05, 0.1) is 12.0 Å². The van der Waals surface area contributed by atoms with Crippen molar-refractivity contribution in [3.05, 3.63) is 59.9 Å². The first-order chi connectivity index (χ1) is 13.4. The van der Waals surface area contributed by atoms with Gasteiger partial charge in [-0.1, -0.05) is 18.6 Å². The number of sulfonamides is 1. The summed E-state index contributed by atoms with van der Waals surface area (Å²) < 4.78 is 45.4. The number of rotatable bonds is 6. The van der Waals surface area contributed by atoms with Crippen LogP contribution in [0.4, 0.5) is 4.39 Å². The SMILES string of the molecule is COc1ccc(CNC(=O)C2CCCCN2S(=O)(=O)c2ccc(F)cc2)cc1. The normalized spacial score (nSPS) is 17.9. The lowest BCUT2D eigenvalue weighted by molar-refractivity contribution is -0.125. The molecule has 0 spiro atoms. The van der Waals surface area contributed by atoms with Crippen molar-refractivity contribution < 1.29 is 22.3 Å². The van der Waals surface area contributed by atoms with E-state index in [9.17, 15) is 17.6 Å². The fourth-order valence-electron chi connectivity index (χ4n) is 3.25. The molecule has 1 N–H and O–H groups in total. The van der Waals surface area contributed by atoms with Crippen molar-refractivity contribution in [3.8, 4) is 5.75 Å². The summed E-state index contributed by atoms with van der Waals surface area (Å²) in [6.07, 6.45) is 1.91. The number of methoxy groups -OCH3 is 1. The average molecular weight is 406 g/mol. The van der Waals surface area contributed by atoms with Crippen molar-refractivity contribution in [3.63, 3.8) is 0 Å². The Morgan fingerprint density at radius 3 is 2.46 bits per heavy atom. The van der Waals surface area contributed by atoms with Crippen molar-refractivity contribution in [1.82, 2.24) is 9.62 Å². The zero-order chi connectivity index (χ0) is 20.1. The minimum atomic E-state index is -3.88. The maximum atomic E-state index is 13.2. The molecular formula is C20H23FN2O4S. The van der Waals surface area contributed by atoms with Crippen molar-refractivity contribution >= 4 is 15.9 Å². The predicted molar refractivity (Wildman–Crippen MR) is 103 cm³/mol. The summed E-state index contributed by atoms with van der Waals surface area (Å²) >= 11 is 0. The van der Waals surface area contributed by atoms with Crippen molar-refractivity contribution in [2.24, 2.45) is 0 Å². The number of ether oxygens (including phenoxy) is 1. The number of benzene rings is 2. The maximum absolute atomic E-state index is 13.2. The first kappa shape index (κ1) is 20.3. The molecule has 0 radical (unpaired) electrons. The Morgan fingerprint density at radius 2 is 1.82 bits per heavy atom. The highest BCUT2D eigenvalue weighted by Gasteiger charge is 2.37. The van der Waals surface area contributed by atoms with Crippen molar-refractivity contribution in [2.45, 2.75) is 36.7 Å². The Hall–Kier alpha value is -2.45. The number of nitrogens with one attached hydrogen (secondary N) is 1. The van der Waals surface area contributed by atoms with Crippen LogP contribution in [0.3, 0.4) is 0 Å². The first-order valence-electron chi connectivity index (χ1n) is 9.10. The Bertz CT molecular complexity index is 914. The minimum Gasteiger partial charge on any atom is -0.497 e. The molecular weight excluding hydrogens is 383 g/mol. The van der Waals surface area contributed by atoms with E-state index in [4.69, 9.17) is 4.74 Å². The van der Waals surface area contributed by atoms with E-state index >= 15 is 0 Å². The molecule has 1 atom stereocenters. The summed E-state index contributed by atoms with van der Waals surface area (Å²) in [4.78, 5) is 12.7. The van der Waals surface area contributed by atoms with Gasteiger partial charge in [0, 0.05) is 13.1 Å². The second-order valence-electron chi connectivity index (χ2n) is 6.65. The number of hydrogen-bond donors (Lipinski definition) is 1. The Morgan fingerprint density at radius 1 is 1.14 bits per heavy atom. The number of carbonyl (C=O) groups is 1. The maximum Gasteiger partial charge on any atom is 0.243 e. The summed E-state index contributed by atoms with van der Waals surface area (Å²) in [5.74, 6) is -0.119. The van der Waals surface area contributed by atoms with Gasteiger partial charge in [0.15, 0.2) is 0 Å². The average Bonchev–Trinajstić information content (AvgIpc) is 2.72. The van der Waals surface area contributed by atoms with E-state index in [1.807, 2.05) is 12.1 Å². The van der Waals surface area contributed by atoms with Crippen LogP contribution in [-0.2, 0) is 21.4 Å². The van der Waals surface area contributed by atoms with Gasteiger partial charge in [0.1, 0.15) is 17.6 Å². The highest BCUT2D eigenvalue weighted by atomic mass is 32.2. The lowest BCUT2D eigenvalue weighted by atomic mass is 10.0. The second-order valence-corrected chi connectivity index (χ2v) is 8.54. The van der Waals surface area contributed by atoms with Gasteiger partial charge < -0.3 is 10.1 Å². The molecule has 1 aliphatic rings. The molecule has 1 unspecified atom stereocenters. The van der Waals surface area contributed by atoms with E-state index in [1.165, 1.54) is 16.4 Å². The highest BCUT2D eigenvalue weighted by molar-refractivity contribution is 7.89. The van der Waals surface area contributed by atoms with Crippen LogP contribution in [0.1, 0.15) is 24.8 Å². The zero-order valence-electron chi connectivity index (χ0n) is 15.6. The van der Waals surface area contributed by atoms with Crippen LogP contribution in [0.2, 0.25) is 0 Å². The quantitative estimate of drug-likeness (QED) is 0.800. The molecule has 1 fully saturated rings. The molecule has 1 saturated heterocycles. The Labute approximate surface area is 164 Å². The van der Waals surface area contributed by atoms with Crippen molar-refractivity contribution in [2.75, 3.05) is 13.7 Å². The smallest absolute Gasteiger partial charge is 0.243 e. The number of carbonyl (C=O) groups excluding carboxylic acids is 1. The third-order valence-electron chi connectivity index (χ3n) is 4.80. The number of halogens is 1. The largest absolute Gasteiger partial charge is 0.497 e. The van der Waals surface area contributed by atoms with Gasteiger partial charge in [0.2, 0.25) is 15.9 Å². The zero-order valence-corrected chi connectivity index (χ0v) is 16.4. The minimum absolute atomic E-state index is 0.0104. The van der Waals surface area contributed by atoms with E-state index < -0.39 is 21.9 Å².